The Labute approximate surface area is 183 Å². The summed E-state index contributed by atoms with van der Waals surface area (Å²) in [5.74, 6) is -0.0515. The molecule has 5 nitrogen and oxygen atoms in total. The Kier molecular flexibility index (Phi) is 7.66. The maximum absolute atomic E-state index is 12.1. The molecule has 0 saturated heterocycles. The number of imidazole rings is 1. The molecule has 2 aromatic carbocycles. The fourth-order valence-corrected chi connectivity index (χ4v) is 3.41. The van der Waals surface area contributed by atoms with E-state index in [9.17, 15) is 4.79 Å². The lowest BCUT2D eigenvalue weighted by Crippen LogP contribution is -2.37. The van der Waals surface area contributed by atoms with Crippen LogP contribution in [0, 0.1) is 0 Å². The van der Waals surface area contributed by atoms with Crippen molar-refractivity contribution in [3.8, 4) is 0 Å². The van der Waals surface area contributed by atoms with Crippen LogP contribution in [0.1, 0.15) is 41.9 Å². The Balaban J connectivity index is 1.37. The highest BCUT2D eigenvalue weighted by atomic mass is 35.5. The maximum Gasteiger partial charge on any atom is 0.251 e. The van der Waals surface area contributed by atoms with E-state index < -0.39 is 0 Å². The number of amides is 1. The Morgan fingerprint density at radius 3 is 2.53 bits per heavy atom. The van der Waals surface area contributed by atoms with Gasteiger partial charge in [0.1, 0.15) is 0 Å². The van der Waals surface area contributed by atoms with Gasteiger partial charge in [-0.2, -0.15) is 0 Å². The second-order valence-electron chi connectivity index (χ2n) is 7.89. The second kappa shape index (κ2) is 10.4. The van der Waals surface area contributed by atoms with Crippen molar-refractivity contribution in [2.24, 2.45) is 0 Å². The molecule has 3 aromatic rings. The van der Waals surface area contributed by atoms with Crippen LogP contribution in [0.4, 0.5) is 0 Å². The first-order valence-electron chi connectivity index (χ1n) is 10.3. The molecule has 1 aromatic heterocycles. The monoisotopic (exact) mass is 424 g/mol. The van der Waals surface area contributed by atoms with Crippen LogP contribution in [0.3, 0.4) is 0 Å². The number of halogens is 1. The lowest BCUT2D eigenvalue weighted by atomic mass is 9.94. The average Bonchev–Trinajstić information content (AvgIpc) is 3.20. The van der Waals surface area contributed by atoms with Gasteiger partial charge in [-0.05, 0) is 56.6 Å². The van der Waals surface area contributed by atoms with Crippen molar-refractivity contribution in [2.75, 3.05) is 13.1 Å². The van der Waals surface area contributed by atoms with Gasteiger partial charge in [0.2, 0.25) is 0 Å². The predicted octanol–water partition coefficient (Wildman–Crippen LogP) is 4.42. The number of aryl methyl sites for hydroxylation is 1. The number of hydrogen-bond donors (Lipinski definition) is 2. The molecule has 2 N–H and O–H groups in total. The molecule has 0 saturated carbocycles. The van der Waals surface area contributed by atoms with Gasteiger partial charge in [0.15, 0.2) is 0 Å². The summed E-state index contributed by atoms with van der Waals surface area (Å²) in [5.41, 5.74) is 2.77. The number of aromatic nitrogens is 2. The van der Waals surface area contributed by atoms with E-state index in [1.165, 1.54) is 5.56 Å². The van der Waals surface area contributed by atoms with E-state index in [0.717, 1.165) is 30.2 Å². The number of carbonyl (C=O) groups is 1. The van der Waals surface area contributed by atoms with Crippen LogP contribution in [0.25, 0.3) is 0 Å². The third-order valence-electron chi connectivity index (χ3n) is 5.12. The first-order valence-corrected chi connectivity index (χ1v) is 10.7. The van der Waals surface area contributed by atoms with Crippen molar-refractivity contribution < 1.29 is 4.79 Å². The zero-order valence-corrected chi connectivity index (χ0v) is 18.3. The summed E-state index contributed by atoms with van der Waals surface area (Å²) in [4.78, 5) is 16.5. The third-order valence-corrected chi connectivity index (χ3v) is 5.37. The number of hydrogen-bond acceptors (Lipinski definition) is 3. The fraction of sp³-hybridized carbons (Fsp3) is 0.333. The second-order valence-corrected chi connectivity index (χ2v) is 8.32. The Hall–Kier alpha value is -2.63. The van der Waals surface area contributed by atoms with Gasteiger partial charge in [-0.15, -0.1) is 0 Å². The van der Waals surface area contributed by atoms with Gasteiger partial charge < -0.3 is 15.2 Å². The summed E-state index contributed by atoms with van der Waals surface area (Å²) in [5, 5.41) is 7.30. The van der Waals surface area contributed by atoms with E-state index in [2.05, 4.69) is 52.4 Å². The van der Waals surface area contributed by atoms with Crippen LogP contribution < -0.4 is 10.6 Å². The predicted molar refractivity (Wildman–Crippen MR) is 122 cm³/mol. The summed E-state index contributed by atoms with van der Waals surface area (Å²) in [6.45, 7) is 6.72. The standard InChI is InChI=1S/C24H29ClN4O/c1-24(2,20-9-11-21(25)12-10-20)28-14-6-16-29-17-22(27-18-29)13-15-26-23(30)19-7-4-3-5-8-19/h3-5,7-12,17-18,28H,6,13-16H2,1-2H3,(H,26,30). The molecule has 1 heterocycles. The summed E-state index contributed by atoms with van der Waals surface area (Å²) in [6, 6.07) is 17.2. The van der Waals surface area contributed by atoms with E-state index in [4.69, 9.17) is 11.6 Å². The molecule has 0 unspecified atom stereocenters. The maximum atomic E-state index is 12.1. The molecule has 0 spiro atoms. The van der Waals surface area contributed by atoms with Gasteiger partial charge in [-0.1, -0.05) is 41.9 Å². The summed E-state index contributed by atoms with van der Waals surface area (Å²) >= 11 is 5.98. The van der Waals surface area contributed by atoms with E-state index >= 15 is 0 Å². The number of benzene rings is 2. The highest BCUT2D eigenvalue weighted by Crippen LogP contribution is 2.21. The molecule has 1 amide bonds. The van der Waals surface area contributed by atoms with E-state index in [0.29, 0.717) is 18.5 Å². The van der Waals surface area contributed by atoms with Gasteiger partial charge in [0, 0.05) is 41.8 Å². The lowest BCUT2D eigenvalue weighted by Gasteiger charge is -2.27. The quantitative estimate of drug-likeness (QED) is 0.473. The molecule has 158 valence electrons. The molecule has 0 aliphatic rings. The van der Waals surface area contributed by atoms with Crippen LogP contribution in [0.5, 0.6) is 0 Å². The fourth-order valence-electron chi connectivity index (χ4n) is 3.28. The molecule has 0 atom stereocenters. The Bertz CT molecular complexity index is 935. The molecular weight excluding hydrogens is 396 g/mol. The van der Waals surface area contributed by atoms with Crippen molar-refractivity contribution in [1.82, 2.24) is 20.2 Å². The van der Waals surface area contributed by atoms with Crippen molar-refractivity contribution in [3.63, 3.8) is 0 Å². The van der Waals surface area contributed by atoms with Crippen molar-refractivity contribution in [1.29, 1.82) is 0 Å². The zero-order valence-electron chi connectivity index (χ0n) is 17.6. The minimum absolute atomic E-state index is 0.0515. The van der Waals surface area contributed by atoms with E-state index in [1.807, 2.05) is 48.8 Å². The van der Waals surface area contributed by atoms with E-state index in [1.54, 1.807) is 0 Å². The summed E-state index contributed by atoms with van der Waals surface area (Å²) in [6.07, 6.45) is 5.63. The minimum atomic E-state index is -0.109. The van der Waals surface area contributed by atoms with E-state index in [-0.39, 0.29) is 11.4 Å². The number of rotatable bonds is 10. The highest BCUT2D eigenvalue weighted by Gasteiger charge is 2.18. The number of carbonyl (C=O) groups excluding carboxylic acids is 1. The Morgan fingerprint density at radius 2 is 1.80 bits per heavy atom. The van der Waals surface area contributed by atoms with Gasteiger partial charge in [0.05, 0.1) is 12.0 Å². The van der Waals surface area contributed by atoms with Crippen molar-refractivity contribution in [3.05, 3.63) is 89.0 Å². The normalized spacial score (nSPS) is 11.4. The third kappa shape index (κ3) is 6.44. The van der Waals surface area contributed by atoms with Gasteiger partial charge in [-0.25, -0.2) is 4.98 Å². The summed E-state index contributed by atoms with van der Waals surface area (Å²) in [7, 11) is 0. The molecule has 0 aliphatic heterocycles. The van der Waals surface area contributed by atoms with Crippen molar-refractivity contribution >= 4 is 17.5 Å². The van der Waals surface area contributed by atoms with Crippen LogP contribution in [0.15, 0.2) is 67.1 Å². The molecule has 3 rings (SSSR count). The van der Waals surface area contributed by atoms with Gasteiger partial charge in [0.25, 0.3) is 5.91 Å². The van der Waals surface area contributed by atoms with Crippen molar-refractivity contribution in [2.45, 2.75) is 38.8 Å². The largest absolute Gasteiger partial charge is 0.352 e. The molecular formula is C24H29ClN4O. The van der Waals surface area contributed by atoms with Crippen LogP contribution in [-0.2, 0) is 18.5 Å². The average molecular weight is 425 g/mol. The summed E-state index contributed by atoms with van der Waals surface area (Å²) < 4.78 is 2.10. The number of nitrogens with one attached hydrogen (secondary N) is 2. The minimum Gasteiger partial charge on any atom is -0.352 e. The Morgan fingerprint density at radius 1 is 1.07 bits per heavy atom. The lowest BCUT2D eigenvalue weighted by molar-refractivity contribution is 0.0954. The van der Waals surface area contributed by atoms with Crippen LogP contribution >= 0.6 is 11.6 Å². The smallest absolute Gasteiger partial charge is 0.251 e. The van der Waals surface area contributed by atoms with Gasteiger partial charge >= 0.3 is 0 Å². The van der Waals surface area contributed by atoms with Crippen LogP contribution in [-0.4, -0.2) is 28.5 Å². The van der Waals surface area contributed by atoms with Crippen LogP contribution in [0.2, 0.25) is 5.02 Å². The topological polar surface area (TPSA) is 59.0 Å². The SMILES string of the molecule is CC(C)(NCCCn1cnc(CCNC(=O)c2ccccc2)c1)c1ccc(Cl)cc1. The molecule has 0 bridgehead atoms. The van der Waals surface area contributed by atoms with Gasteiger partial charge in [-0.3, -0.25) is 4.79 Å². The number of nitrogens with zero attached hydrogens (tertiary/aromatic N) is 2. The molecule has 30 heavy (non-hydrogen) atoms. The first kappa shape index (κ1) is 22.1. The first-order chi connectivity index (χ1) is 14.4. The molecule has 6 heteroatoms. The zero-order chi connectivity index (χ0) is 21.4. The highest BCUT2D eigenvalue weighted by molar-refractivity contribution is 6.30. The molecule has 0 radical (unpaired) electrons. The molecule has 0 fully saturated rings. The molecule has 0 aliphatic carbocycles.